The maximum Gasteiger partial charge on any atom is 0.226 e. The Morgan fingerprint density at radius 3 is 2.74 bits per heavy atom. The third-order valence-electron chi connectivity index (χ3n) is 3.70. The first-order valence-corrected chi connectivity index (χ1v) is 6.93. The van der Waals surface area contributed by atoms with Gasteiger partial charge in [0.2, 0.25) is 5.91 Å². The molecule has 3 atom stereocenters. The Hall–Kier alpha value is -1.61. The molecule has 1 aromatic carbocycles. The van der Waals surface area contributed by atoms with Gasteiger partial charge in [0, 0.05) is 12.6 Å². The molecule has 2 rings (SSSR count). The molecule has 0 aromatic heterocycles. The highest BCUT2D eigenvalue weighted by atomic mass is 16.1. The quantitative estimate of drug-likeness (QED) is 0.796. The van der Waals surface area contributed by atoms with Crippen LogP contribution in [-0.4, -0.2) is 18.5 Å². The van der Waals surface area contributed by atoms with Gasteiger partial charge >= 0.3 is 0 Å². The van der Waals surface area contributed by atoms with E-state index in [0.29, 0.717) is 12.5 Å². The number of hydrogen-bond donors (Lipinski definition) is 2. The summed E-state index contributed by atoms with van der Waals surface area (Å²) in [7, 11) is 0. The normalized spacial score (nSPS) is 23.3. The molecule has 1 aromatic rings. The highest BCUT2D eigenvalue weighted by molar-refractivity contribution is 5.81. The van der Waals surface area contributed by atoms with Gasteiger partial charge in [0.1, 0.15) is 0 Å². The Labute approximate surface area is 114 Å². The molecule has 0 radical (unpaired) electrons. The topological polar surface area (TPSA) is 55.1 Å². The van der Waals surface area contributed by atoms with Gasteiger partial charge in [-0.15, -0.1) is 0 Å². The lowest BCUT2D eigenvalue weighted by molar-refractivity contribution is -0.123. The maximum atomic E-state index is 11.9. The van der Waals surface area contributed by atoms with Crippen LogP contribution in [0.25, 0.3) is 0 Å². The zero-order chi connectivity index (χ0) is 13.7. The van der Waals surface area contributed by atoms with Crippen molar-refractivity contribution in [1.82, 2.24) is 5.32 Å². The van der Waals surface area contributed by atoms with E-state index in [9.17, 15) is 4.79 Å². The van der Waals surface area contributed by atoms with E-state index in [4.69, 9.17) is 5.73 Å². The summed E-state index contributed by atoms with van der Waals surface area (Å²) >= 11 is 0. The molecule has 0 saturated carbocycles. The van der Waals surface area contributed by atoms with E-state index < -0.39 is 0 Å². The average Bonchev–Trinajstić information content (AvgIpc) is 2.86. The largest absolute Gasteiger partial charge is 0.356 e. The number of benzene rings is 1. The molecule has 0 saturated heterocycles. The summed E-state index contributed by atoms with van der Waals surface area (Å²) < 4.78 is 0. The monoisotopic (exact) mass is 258 g/mol. The van der Waals surface area contributed by atoms with E-state index in [1.165, 1.54) is 5.56 Å². The molecule has 102 valence electrons. The van der Waals surface area contributed by atoms with Crippen LogP contribution in [0.4, 0.5) is 0 Å². The summed E-state index contributed by atoms with van der Waals surface area (Å²) in [6.07, 6.45) is 5.52. The molecule has 3 nitrogen and oxygen atoms in total. The minimum atomic E-state index is -0.0398. The predicted molar refractivity (Wildman–Crippen MR) is 77.7 cm³/mol. The molecule has 0 fully saturated rings. The van der Waals surface area contributed by atoms with Crippen LogP contribution in [0.5, 0.6) is 0 Å². The van der Waals surface area contributed by atoms with Gasteiger partial charge in [0.05, 0.1) is 5.92 Å². The first kappa shape index (κ1) is 13.8. The Morgan fingerprint density at radius 1 is 1.37 bits per heavy atom. The molecular formula is C16H22N2O. The van der Waals surface area contributed by atoms with Gasteiger partial charge in [0.25, 0.3) is 0 Å². The first-order chi connectivity index (χ1) is 9.16. The molecule has 19 heavy (non-hydrogen) atoms. The van der Waals surface area contributed by atoms with E-state index in [2.05, 4.69) is 36.5 Å². The molecule has 3 unspecified atom stereocenters. The van der Waals surface area contributed by atoms with Gasteiger partial charge in [-0.1, -0.05) is 49.4 Å². The molecule has 0 spiro atoms. The summed E-state index contributed by atoms with van der Waals surface area (Å²) in [6, 6.07) is 10.4. The number of amides is 1. The molecule has 0 aliphatic heterocycles. The van der Waals surface area contributed by atoms with Crippen molar-refractivity contribution in [1.29, 1.82) is 0 Å². The van der Waals surface area contributed by atoms with Crippen LogP contribution in [0.15, 0.2) is 42.5 Å². The zero-order valence-corrected chi connectivity index (χ0v) is 11.4. The Kier molecular flexibility index (Phi) is 4.74. The second-order valence-electron chi connectivity index (χ2n) is 5.28. The molecule has 0 bridgehead atoms. The summed E-state index contributed by atoms with van der Waals surface area (Å²) in [5.41, 5.74) is 7.07. The van der Waals surface area contributed by atoms with E-state index in [-0.39, 0.29) is 17.9 Å². The molecule has 0 heterocycles. The Bertz CT molecular complexity index is 441. The number of nitrogens with two attached hydrogens (primary N) is 1. The van der Waals surface area contributed by atoms with Crippen molar-refractivity contribution in [3.05, 3.63) is 48.0 Å². The molecule has 1 aliphatic carbocycles. The SMILES string of the molecule is CC(CCNC(=O)C1C=CC(N)C1)c1ccccc1. The van der Waals surface area contributed by atoms with E-state index in [0.717, 1.165) is 12.8 Å². The van der Waals surface area contributed by atoms with Crippen molar-refractivity contribution in [2.45, 2.75) is 31.7 Å². The maximum absolute atomic E-state index is 11.9. The van der Waals surface area contributed by atoms with Gasteiger partial charge in [-0.05, 0) is 24.3 Å². The predicted octanol–water partition coefficient (Wildman–Crippen LogP) is 2.20. The van der Waals surface area contributed by atoms with Crippen molar-refractivity contribution in [3.63, 3.8) is 0 Å². The van der Waals surface area contributed by atoms with Gasteiger partial charge in [-0.25, -0.2) is 0 Å². The Morgan fingerprint density at radius 2 is 2.11 bits per heavy atom. The van der Waals surface area contributed by atoms with Crippen LogP contribution in [0.3, 0.4) is 0 Å². The summed E-state index contributed by atoms with van der Waals surface area (Å²) in [5.74, 6) is 0.523. The lowest BCUT2D eigenvalue weighted by Gasteiger charge is -2.14. The molecule has 1 aliphatic rings. The fraction of sp³-hybridized carbons (Fsp3) is 0.438. The highest BCUT2D eigenvalue weighted by Gasteiger charge is 2.22. The molecule has 3 N–H and O–H groups in total. The minimum absolute atomic E-state index is 0.0398. The van der Waals surface area contributed by atoms with Crippen LogP contribution in [-0.2, 0) is 4.79 Å². The summed E-state index contributed by atoms with van der Waals surface area (Å²) in [5, 5.41) is 3.00. The van der Waals surface area contributed by atoms with Crippen LogP contribution in [0.2, 0.25) is 0 Å². The fourth-order valence-electron chi connectivity index (χ4n) is 2.41. The summed E-state index contributed by atoms with van der Waals surface area (Å²) in [4.78, 5) is 11.9. The van der Waals surface area contributed by atoms with Crippen LogP contribution in [0.1, 0.15) is 31.2 Å². The van der Waals surface area contributed by atoms with Gasteiger partial charge < -0.3 is 11.1 Å². The lowest BCUT2D eigenvalue weighted by atomic mass is 9.98. The Balaban J connectivity index is 1.72. The van der Waals surface area contributed by atoms with Crippen molar-refractivity contribution in [3.8, 4) is 0 Å². The summed E-state index contributed by atoms with van der Waals surface area (Å²) in [6.45, 7) is 2.90. The van der Waals surface area contributed by atoms with E-state index in [1.54, 1.807) is 0 Å². The highest BCUT2D eigenvalue weighted by Crippen LogP contribution is 2.19. The number of nitrogens with one attached hydrogen (secondary N) is 1. The van der Waals surface area contributed by atoms with Gasteiger partial charge in [0.15, 0.2) is 0 Å². The van der Waals surface area contributed by atoms with Gasteiger partial charge in [-0.3, -0.25) is 4.79 Å². The fourth-order valence-corrected chi connectivity index (χ4v) is 2.41. The van der Waals surface area contributed by atoms with Crippen molar-refractivity contribution < 1.29 is 4.79 Å². The first-order valence-electron chi connectivity index (χ1n) is 6.93. The smallest absolute Gasteiger partial charge is 0.226 e. The van der Waals surface area contributed by atoms with Crippen molar-refractivity contribution in [2.24, 2.45) is 11.7 Å². The second-order valence-corrected chi connectivity index (χ2v) is 5.28. The molecule has 1 amide bonds. The number of rotatable bonds is 5. The van der Waals surface area contributed by atoms with E-state index in [1.807, 2.05) is 18.2 Å². The number of carbonyl (C=O) groups excluding carboxylic acids is 1. The van der Waals surface area contributed by atoms with Crippen LogP contribution in [0, 0.1) is 5.92 Å². The molecular weight excluding hydrogens is 236 g/mol. The third kappa shape index (κ3) is 3.93. The van der Waals surface area contributed by atoms with Crippen LogP contribution < -0.4 is 11.1 Å². The standard InChI is InChI=1S/C16H22N2O/c1-12(13-5-3-2-4-6-13)9-10-18-16(19)14-7-8-15(17)11-14/h2-8,12,14-15H,9-11,17H2,1H3,(H,18,19). The van der Waals surface area contributed by atoms with Crippen molar-refractivity contribution in [2.75, 3.05) is 6.54 Å². The van der Waals surface area contributed by atoms with Crippen molar-refractivity contribution >= 4 is 5.91 Å². The zero-order valence-electron chi connectivity index (χ0n) is 11.4. The van der Waals surface area contributed by atoms with Gasteiger partial charge in [-0.2, -0.15) is 0 Å². The van der Waals surface area contributed by atoms with E-state index >= 15 is 0 Å². The third-order valence-corrected chi connectivity index (χ3v) is 3.70. The molecule has 3 heteroatoms. The lowest BCUT2D eigenvalue weighted by Crippen LogP contribution is -2.31. The number of hydrogen-bond acceptors (Lipinski definition) is 2. The number of carbonyl (C=O) groups is 1. The second kappa shape index (κ2) is 6.53. The van der Waals surface area contributed by atoms with Crippen LogP contribution >= 0.6 is 0 Å². The average molecular weight is 258 g/mol. The minimum Gasteiger partial charge on any atom is -0.356 e.